The molecule has 0 radical (unpaired) electrons. The Balaban J connectivity index is 1.55. The largest absolute Gasteiger partial charge is 0.452 e. The van der Waals surface area contributed by atoms with Crippen LogP contribution in [-0.2, 0) is 16.1 Å². The number of hydrogen-bond acceptors (Lipinski definition) is 5. The van der Waals surface area contributed by atoms with Crippen molar-refractivity contribution in [1.82, 2.24) is 10.3 Å². The Hall–Kier alpha value is -3.19. The monoisotopic (exact) mass is 410 g/mol. The summed E-state index contributed by atoms with van der Waals surface area (Å²) in [5.74, 6) is -1.43. The van der Waals surface area contributed by atoms with Crippen LogP contribution in [0.2, 0.25) is 0 Å². The molecule has 148 valence electrons. The fraction of sp³-hybridized carbons (Fsp3) is 0.136. The summed E-state index contributed by atoms with van der Waals surface area (Å²) >= 11 is 1.34. The lowest BCUT2D eigenvalue weighted by Gasteiger charge is -2.09. The summed E-state index contributed by atoms with van der Waals surface area (Å²) in [5.41, 5.74) is 1.45. The number of aryl methyl sites for hydroxylation is 1. The molecule has 0 aliphatic carbocycles. The predicted octanol–water partition coefficient (Wildman–Crippen LogP) is 4.15. The maximum absolute atomic E-state index is 13.5. The van der Waals surface area contributed by atoms with Crippen LogP contribution < -0.4 is 5.32 Å². The summed E-state index contributed by atoms with van der Waals surface area (Å²) in [7, 11) is 0. The van der Waals surface area contributed by atoms with Crippen LogP contribution in [0.3, 0.4) is 0 Å². The first-order valence-electron chi connectivity index (χ1n) is 8.89. The molecule has 3 aromatic rings. The summed E-state index contributed by atoms with van der Waals surface area (Å²) in [6.45, 7) is 1.38. The predicted molar refractivity (Wildman–Crippen MR) is 108 cm³/mol. The van der Waals surface area contributed by atoms with Crippen LogP contribution in [0.4, 0.5) is 4.39 Å². The van der Waals surface area contributed by atoms with Crippen LogP contribution in [0.15, 0.2) is 76.8 Å². The van der Waals surface area contributed by atoms with E-state index in [0.29, 0.717) is 16.2 Å². The molecule has 3 rings (SSSR count). The van der Waals surface area contributed by atoms with Gasteiger partial charge in [-0.2, -0.15) is 0 Å². The second-order valence-corrected chi connectivity index (χ2v) is 7.27. The smallest absolute Gasteiger partial charge is 0.341 e. The fourth-order valence-electron chi connectivity index (χ4n) is 2.43. The zero-order valence-corrected chi connectivity index (χ0v) is 16.5. The molecule has 1 heterocycles. The SMILES string of the molecule is Cc1ccc(CNC(=O)COC(=O)c2cccnc2Sc2ccccc2)cc1F. The maximum Gasteiger partial charge on any atom is 0.341 e. The van der Waals surface area contributed by atoms with Crippen LogP contribution in [0.5, 0.6) is 0 Å². The first-order chi connectivity index (χ1) is 14.0. The summed E-state index contributed by atoms with van der Waals surface area (Å²) in [5, 5.41) is 3.10. The molecule has 0 spiro atoms. The van der Waals surface area contributed by atoms with Gasteiger partial charge in [0, 0.05) is 17.6 Å². The standard InChI is InChI=1S/C22H19FN2O3S/c1-15-9-10-16(12-19(15)23)13-25-20(26)14-28-22(27)18-8-5-11-24-21(18)29-17-6-3-2-4-7-17/h2-12H,13-14H2,1H3,(H,25,26). The lowest BCUT2D eigenvalue weighted by atomic mass is 10.1. The normalized spacial score (nSPS) is 10.4. The molecule has 0 aliphatic rings. The number of nitrogens with zero attached hydrogens (tertiary/aromatic N) is 1. The molecule has 0 saturated heterocycles. The van der Waals surface area contributed by atoms with Gasteiger partial charge in [-0.15, -0.1) is 0 Å². The van der Waals surface area contributed by atoms with Crippen molar-refractivity contribution in [2.24, 2.45) is 0 Å². The van der Waals surface area contributed by atoms with Crippen molar-refractivity contribution in [3.8, 4) is 0 Å². The van der Waals surface area contributed by atoms with E-state index < -0.39 is 18.5 Å². The van der Waals surface area contributed by atoms with E-state index in [-0.39, 0.29) is 17.9 Å². The third-order valence-corrected chi connectivity index (χ3v) is 5.04. The topological polar surface area (TPSA) is 68.3 Å². The van der Waals surface area contributed by atoms with Crippen LogP contribution >= 0.6 is 11.8 Å². The highest BCUT2D eigenvalue weighted by Crippen LogP contribution is 2.28. The Morgan fingerprint density at radius 1 is 1.10 bits per heavy atom. The van der Waals surface area contributed by atoms with Crippen molar-refractivity contribution in [3.05, 3.63) is 89.4 Å². The van der Waals surface area contributed by atoms with Crippen molar-refractivity contribution in [2.45, 2.75) is 23.4 Å². The van der Waals surface area contributed by atoms with Gasteiger partial charge in [-0.25, -0.2) is 14.2 Å². The minimum absolute atomic E-state index is 0.148. The molecule has 0 fully saturated rings. The lowest BCUT2D eigenvalue weighted by Crippen LogP contribution is -2.28. The van der Waals surface area contributed by atoms with E-state index in [1.54, 1.807) is 37.4 Å². The maximum atomic E-state index is 13.5. The van der Waals surface area contributed by atoms with Crippen molar-refractivity contribution >= 4 is 23.6 Å². The number of amides is 1. The van der Waals surface area contributed by atoms with Crippen molar-refractivity contribution in [1.29, 1.82) is 0 Å². The molecule has 1 N–H and O–H groups in total. The Kier molecular flexibility index (Phi) is 6.97. The summed E-state index contributed by atoms with van der Waals surface area (Å²) in [6.07, 6.45) is 1.59. The molecular weight excluding hydrogens is 391 g/mol. The second-order valence-electron chi connectivity index (χ2n) is 6.21. The Morgan fingerprint density at radius 3 is 2.66 bits per heavy atom. The van der Waals surface area contributed by atoms with Gasteiger partial charge >= 0.3 is 5.97 Å². The summed E-state index contributed by atoms with van der Waals surface area (Å²) in [4.78, 5) is 29.6. The van der Waals surface area contributed by atoms with Crippen molar-refractivity contribution in [2.75, 3.05) is 6.61 Å². The highest BCUT2D eigenvalue weighted by Gasteiger charge is 2.16. The molecular formula is C22H19FN2O3S. The van der Waals surface area contributed by atoms with E-state index in [1.165, 1.54) is 17.8 Å². The number of ether oxygens (including phenoxy) is 1. The first kappa shape index (κ1) is 20.5. The quantitative estimate of drug-likeness (QED) is 0.593. The number of pyridine rings is 1. The highest BCUT2D eigenvalue weighted by molar-refractivity contribution is 7.99. The molecule has 1 amide bonds. The van der Waals surface area contributed by atoms with Gasteiger partial charge in [0.15, 0.2) is 6.61 Å². The average Bonchev–Trinajstić information content (AvgIpc) is 2.74. The summed E-state index contributed by atoms with van der Waals surface area (Å²) < 4.78 is 18.7. The lowest BCUT2D eigenvalue weighted by molar-refractivity contribution is -0.124. The van der Waals surface area contributed by atoms with E-state index in [2.05, 4.69) is 10.3 Å². The Morgan fingerprint density at radius 2 is 1.90 bits per heavy atom. The zero-order chi connectivity index (χ0) is 20.6. The Labute approximate surface area is 172 Å². The number of carbonyl (C=O) groups is 2. The molecule has 29 heavy (non-hydrogen) atoms. The number of benzene rings is 2. The number of rotatable bonds is 7. The van der Waals surface area contributed by atoms with Crippen molar-refractivity contribution < 1.29 is 18.7 Å². The number of nitrogens with one attached hydrogen (secondary N) is 1. The Bertz CT molecular complexity index is 1010. The third-order valence-electron chi connectivity index (χ3n) is 4.01. The number of aromatic nitrogens is 1. The number of carbonyl (C=O) groups excluding carboxylic acids is 2. The van der Waals surface area contributed by atoms with Gasteiger partial charge in [-0.05, 0) is 48.4 Å². The average molecular weight is 410 g/mol. The third kappa shape index (κ3) is 5.89. The van der Waals surface area contributed by atoms with Gasteiger partial charge in [0.1, 0.15) is 10.8 Å². The summed E-state index contributed by atoms with van der Waals surface area (Å²) in [6, 6.07) is 17.5. The number of esters is 1. The molecule has 7 heteroatoms. The molecule has 0 atom stereocenters. The molecule has 2 aromatic carbocycles. The van der Waals surface area contributed by atoms with Crippen molar-refractivity contribution in [3.63, 3.8) is 0 Å². The number of halogens is 1. The molecule has 1 aromatic heterocycles. The minimum atomic E-state index is -0.631. The van der Waals surface area contributed by atoms with E-state index in [9.17, 15) is 14.0 Å². The minimum Gasteiger partial charge on any atom is -0.452 e. The molecule has 0 bridgehead atoms. The first-order valence-corrected chi connectivity index (χ1v) is 9.71. The van der Waals surface area contributed by atoms with Gasteiger partial charge in [0.05, 0.1) is 5.56 Å². The molecule has 5 nitrogen and oxygen atoms in total. The van der Waals surface area contributed by atoms with E-state index in [1.807, 2.05) is 30.3 Å². The molecule has 0 saturated carbocycles. The second kappa shape index (κ2) is 9.84. The van der Waals surface area contributed by atoms with E-state index in [4.69, 9.17) is 4.74 Å². The molecule has 0 unspecified atom stereocenters. The van der Waals surface area contributed by atoms with Gasteiger partial charge in [0.2, 0.25) is 0 Å². The number of hydrogen-bond donors (Lipinski definition) is 1. The van der Waals surface area contributed by atoms with Gasteiger partial charge < -0.3 is 10.1 Å². The fourth-order valence-corrected chi connectivity index (χ4v) is 3.33. The van der Waals surface area contributed by atoms with Crippen LogP contribution in [0.25, 0.3) is 0 Å². The highest BCUT2D eigenvalue weighted by atomic mass is 32.2. The van der Waals surface area contributed by atoms with E-state index in [0.717, 1.165) is 4.90 Å². The van der Waals surface area contributed by atoms with Gasteiger partial charge in [-0.1, -0.05) is 42.1 Å². The van der Waals surface area contributed by atoms with Gasteiger partial charge in [-0.3, -0.25) is 4.79 Å². The van der Waals surface area contributed by atoms with Crippen LogP contribution in [-0.4, -0.2) is 23.5 Å². The van der Waals surface area contributed by atoms with E-state index >= 15 is 0 Å². The molecule has 0 aliphatic heterocycles. The van der Waals surface area contributed by atoms with Gasteiger partial charge in [0.25, 0.3) is 5.91 Å². The van der Waals surface area contributed by atoms with Crippen LogP contribution in [0, 0.1) is 12.7 Å². The zero-order valence-electron chi connectivity index (χ0n) is 15.7. The van der Waals surface area contributed by atoms with Crippen LogP contribution in [0.1, 0.15) is 21.5 Å².